The van der Waals surface area contributed by atoms with Gasteiger partial charge in [-0.1, -0.05) is 0 Å². The van der Waals surface area contributed by atoms with Crippen molar-refractivity contribution in [3.05, 3.63) is 0 Å². The summed E-state index contributed by atoms with van der Waals surface area (Å²) in [4.78, 5) is 20.6. The Kier molecular flexibility index (Phi) is 4.87. The summed E-state index contributed by atoms with van der Waals surface area (Å²) >= 11 is 1.76. The molecule has 6 heteroatoms. The van der Waals surface area contributed by atoms with Gasteiger partial charge in [0.15, 0.2) is 0 Å². The summed E-state index contributed by atoms with van der Waals surface area (Å²) in [6.45, 7) is 0. The summed E-state index contributed by atoms with van der Waals surface area (Å²) in [6, 6.07) is -0.844. The van der Waals surface area contributed by atoms with Crippen LogP contribution < -0.4 is 5.73 Å². The van der Waals surface area contributed by atoms with E-state index in [0.29, 0.717) is 0 Å². The quantitative estimate of drug-likeness (QED) is 0.521. The molecule has 11 heavy (non-hydrogen) atoms. The van der Waals surface area contributed by atoms with Gasteiger partial charge in [-0.2, -0.15) is 0 Å². The number of carbonyl (C=O) groups is 2. The van der Waals surface area contributed by atoms with Crippen molar-refractivity contribution in [3.8, 4) is 0 Å². The first-order valence-corrected chi connectivity index (χ1v) is 3.43. The third-order valence-corrected chi connectivity index (χ3v) is 1.32. The molecule has 0 aromatic rings. The van der Waals surface area contributed by atoms with Crippen LogP contribution in [0.2, 0.25) is 0 Å². The minimum absolute atomic E-state index is 0.0998. The van der Waals surface area contributed by atoms with E-state index < -0.39 is 18.0 Å². The van der Waals surface area contributed by atoms with Gasteiger partial charge in [0, 0.05) is 6.42 Å². The first-order valence-electron chi connectivity index (χ1n) is 2.96. The number of hydrogen-bond donors (Lipinski definition) is 2. The van der Waals surface area contributed by atoms with E-state index in [1.54, 1.807) is 16.6 Å². The average molecular weight is 173 g/mol. The van der Waals surface area contributed by atoms with Crippen molar-refractivity contribution in [1.82, 2.24) is 0 Å². The standard InChI is InChI=1S/C5H9NO4.Al/c6-3(5(9)10)1-2-4(7)8;/h3H,1-2,6H2,(H,7,8)(H,9,10);/q;+1/p-1/t3-;/m0./s1. The molecule has 0 rings (SSSR count). The van der Waals surface area contributed by atoms with Crippen LogP contribution in [0.5, 0.6) is 0 Å². The molecule has 0 bridgehead atoms. The second kappa shape index (κ2) is 5.13. The molecule has 0 heterocycles. The molecule has 0 aliphatic rings. The summed E-state index contributed by atoms with van der Waals surface area (Å²) < 4.78 is 4.20. The van der Waals surface area contributed by atoms with Crippen LogP contribution in [-0.2, 0) is 13.4 Å². The summed E-state index contributed by atoms with van der Waals surface area (Å²) in [7, 11) is 0. The van der Waals surface area contributed by atoms with Gasteiger partial charge in [0.05, 0.1) is 0 Å². The topological polar surface area (TPSA) is 89.6 Å². The molecule has 60 valence electrons. The number of hydrogen-bond acceptors (Lipinski definition) is 4. The maximum atomic E-state index is 10.6. The summed E-state index contributed by atoms with van der Waals surface area (Å²) in [5, 5.41) is 8.20. The van der Waals surface area contributed by atoms with E-state index in [0.717, 1.165) is 0 Å². The third kappa shape index (κ3) is 4.79. The number of carboxylic acids is 1. The van der Waals surface area contributed by atoms with Crippen LogP contribution in [0, 0.1) is 0 Å². The fourth-order valence-electron chi connectivity index (χ4n) is 0.484. The lowest BCUT2D eigenvalue weighted by Crippen LogP contribution is -2.32. The Hall–Kier alpha value is -0.568. The largest absolute Gasteiger partial charge is 0.627 e. The van der Waals surface area contributed by atoms with E-state index in [2.05, 4.69) is 3.79 Å². The molecule has 0 saturated carbocycles. The molecule has 0 aliphatic heterocycles. The Balaban J connectivity index is 3.60. The highest BCUT2D eigenvalue weighted by atomic mass is 27.1. The maximum Gasteiger partial charge on any atom is 0.484 e. The number of carbonyl (C=O) groups excluding carboxylic acids is 1. The Labute approximate surface area is 72.3 Å². The minimum Gasteiger partial charge on any atom is -0.627 e. The molecule has 3 N–H and O–H groups in total. The third-order valence-electron chi connectivity index (χ3n) is 1.09. The lowest BCUT2D eigenvalue weighted by Gasteiger charge is -2.07. The Morgan fingerprint density at radius 1 is 1.64 bits per heavy atom. The summed E-state index contributed by atoms with van der Waals surface area (Å²) in [5.74, 6) is -1.59. The van der Waals surface area contributed by atoms with Gasteiger partial charge in [0.2, 0.25) is 0 Å². The van der Waals surface area contributed by atoms with Crippen molar-refractivity contribution in [2.24, 2.45) is 5.73 Å². The van der Waals surface area contributed by atoms with Gasteiger partial charge >= 0.3 is 22.6 Å². The molecular formula is C5H8AlNO4. The van der Waals surface area contributed by atoms with Crippen molar-refractivity contribution >= 4 is 28.6 Å². The van der Waals surface area contributed by atoms with Gasteiger partial charge in [-0.05, 0) is 6.42 Å². The van der Waals surface area contributed by atoms with Crippen molar-refractivity contribution in [1.29, 1.82) is 0 Å². The van der Waals surface area contributed by atoms with E-state index in [1.807, 2.05) is 0 Å². The predicted octanol–water partition coefficient (Wildman–Crippen LogP) is -1.19. The molecule has 0 amide bonds. The molecule has 0 spiro atoms. The Morgan fingerprint density at radius 2 is 2.18 bits per heavy atom. The van der Waals surface area contributed by atoms with Crippen molar-refractivity contribution < 1.29 is 18.5 Å². The van der Waals surface area contributed by atoms with E-state index >= 15 is 0 Å². The van der Waals surface area contributed by atoms with Crippen LogP contribution in [0.4, 0.5) is 0 Å². The number of aliphatic carboxylic acids is 1. The number of rotatable bonds is 4. The highest BCUT2D eigenvalue weighted by Crippen LogP contribution is 1.95. The zero-order valence-electron chi connectivity index (χ0n) is 5.82. The minimum atomic E-state index is -0.975. The maximum absolute atomic E-state index is 10.6. The second-order valence-electron chi connectivity index (χ2n) is 1.98. The Bertz CT molecular complexity index is 161. The fraction of sp³-hybridized carbons (Fsp3) is 0.600. The molecule has 0 aliphatic carbocycles. The Morgan fingerprint density at radius 3 is 2.55 bits per heavy atom. The molecule has 5 nitrogen and oxygen atoms in total. The van der Waals surface area contributed by atoms with Crippen LogP contribution in [-0.4, -0.2) is 39.7 Å². The van der Waals surface area contributed by atoms with Crippen molar-refractivity contribution in [2.45, 2.75) is 18.9 Å². The zero-order valence-corrected chi connectivity index (χ0v) is 6.97. The molecule has 0 aromatic heterocycles. The van der Waals surface area contributed by atoms with Gasteiger partial charge < -0.3 is 14.6 Å². The average Bonchev–Trinajstić information content (AvgIpc) is 1.98. The lowest BCUT2D eigenvalue weighted by atomic mass is 10.2. The van der Waals surface area contributed by atoms with Crippen molar-refractivity contribution in [2.75, 3.05) is 0 Å². The van der Waals surface area contributed by atoms with Crippen LogP contribution in [0.15, 0.2) is 0 Å². The van der Waals surface area contributed by atoms with E-state index in [1.165, 1.54) is 0 Å². The van der Waals surface area contributed by atoms with Gasteiger partial charge in [-0.25, -0.2) is 0 Å². The van der Waals surface area contributed by atoms with Gasteiger partial charge in [0.1, 0.15) is 6.04 Å². The SMILES string of the molecule is N[C@@H](CCC(=O)O)C(=O)[O][Al]. The van der Waals surface area contributed by atoms with Crippen LogP contribution >= 0.6 is 0 Å². The fourth-order valence-corrected chi connectivity index (χ4v) is 0.659. The van der Waals surface area contributed by atoms with Crippen LogP contribution in [0.3, 0.4) is 0 Å². The first-order chi connectivity index (χ1) is 5.07. The predicted molar refractivity (Wildman–Crippen MR) is 36.7 cm³/mol. The molecule has 1 atom stereocenters. The van der Waals surface area contributed by atoms with E-state index in [-0.39, 0.29) is 12.8 Å². The van der Waals surface area contributed by atoms with Gasteiger partial charge in [-0.3, -0.25) is 9.59 Å². The van der Waals surface area contributed by atoms with E-state index in [4.69, 9.17) is 10.8 Å². The number of nitrogens with two attached hydrogens (primary N) is 1. The molecule has 0 fully saturated rings. The van der Waals surface area contributed by atoms with Crippen LogP contribution in [0.1, 0.15) is 12.8 Å². The zero-order chi connectivity index (χ0) is 8.85. The summed E-state index contributed by atoms with van der Waals surface area (Å²) in [6.07, 6.45) is -0.0243. The monoisotopic (exact) mass is 173 g/mol. The smallest absolute Gasteiger partial charge is 0.484 e. The first kappa shape index (κ1) is 10.4. The molecule has 0 unspecified atom stereocenters. The highest BCUT2D eigenvalue weighted by Gasteiger charge is 2.13. The highest BCUT2D eigenvalue weighted by molar-refractivity contribution is 6.06. The second-order valence-corrected chi connectivity index (χ2v) is 2.21. The molecule has 0 saturated heterocycles. The summed E-state index contributed by atoms with van der Waals surface area (Å²) in [5.41, 5.74) is 5.22. The lowest BCUT2D eigenvalue weighted by molar-refractivity contribution is -0.138. The molecule has 0 aromatic carbocycles. The van der Waals surface area contributed by atoms with Crippen molar-refractivity contribution in [3.63, 3.8) is 0 Å². The molecule has 2 radical (unpaired) electrons. The van der Waals surface area contributed by atoms with Crippen LogP contribution in [0.25, 0.3) is 0 Å². The normalized spacial score (nSPS) is 12.1. The number of carboxylic acid groups (broad SMARTS) is 1. The van der Waals surface area contributed by atoms with E-state index in [9.17, 15) is 9.59 Å². The molecular weight excluding hydrogens is 165 g/mol. The van der Waals surface area contributed by atoms with Gasteiger partial charge in [-0.15, -0.1) is 0 Å². The van der Waals surface area contributed by atoms with Gasteiger partial charge in [0.25, 0.3) is 5.97 Å².